The summed E-state index contributed by atoms with van der Waals surface area (Å²) in [6.45, 7) is 5.49. The molecule has 0 saturated heterocycles. The lowest BCUT2D eigenvalue weighted by Crippen LogP contribution is -2.23. The summed E-state index contributed by atoms with van der Waals surface area (Å²) in [4.78, 5) is 12.0. The Morgan fingerprint density at radius 1 is 1.33 bits per heavy atom. The van der Waals surface area contributed by atoms with Crippen molar-refractivity contribution < 1.29 is 18.0 Å². The molecule has 0 saturated carbocycles. The highest BCUT2D eigenvalue weighted by Gasteiger charge is 2.33. The molecule has 164 valence electrons. The fourth-order valence-corrected chi connectivity index (χ4v) is 3.50. The SMILES string of the molecule is CSc1nnc(CCCNC(=O)C=Cc2ccc(Cl)c(C(F)(F)F)c2)n1CC(C)C. The molecule has 10 heteroatoms. The first-order valence-corrected chi connectivity index (χ1v) is 11.0. The van der Waals surface area contributed by atoms with E-state index in [-0.39, 0.29) is 16.5 Å². The van der Waals surface area contributed by atoms with Crippen molar-refractivity contribution in [1.82, 2.24) is 20.1 Å². The molecule has 1 amide bonds. The second-order valence-corrected chi connectivity index (χ2v) is 8.25. The number of nitrogens with one attached hydrogen (secondary N) is 1. The van der Waals surface area contributed by atoms with Crippen molar-refractivity contribution in [3.63, 3.8) is 0 Å². The second-order valence-electron chi connectivity index (χ2n) is 7.07. The van der Waals surface area contributed by atoms with Crippen LogP contribution in [-0.4, -0.2) is 33.5 Å². The standard InChI is InChI=1S/C20H24ClF3N4OS/c1-13(2)12-28-17(26-27-19(28)30-3)5-4-10-25-18(29)9-7-14-6-8-16(21)15(11-14)20(22,23)24/h6-9,11,13H,4-5,10,12H2,1-3H3,(H,25,29). The first-order valence-electron chi connectivity index (χ1n) is 9.40. The summed E-state index contributed by atoms with van der Waals surface area (Å²) in [5.74, 6) is 0.951. The van der Waals surface area contributed by atoms with Crippen LogP contribution < -0.4 is 5.32 Å². The minimum Gasteiger partial charge on any atom is -0.353 e. The van der Waals surface area contributed by atoms with Crippen molar-refractivity contribution in [2.75, 3.05) is 12.8 Å². The zero-order valence-corrected chi connectivity index (χ0v) is 18.5. The fraction of sp³-hybridized carbons (Fsp3) is 0.450. The Bertz CT molecular complexity index is 897. The lowest BCUT2D eigenvalue weighted by Gasteiger charge is -2.11. The summed E-state index contributed by atoms with van der Waals surface area (Å²) < 4.78 is 40.8. The average molecular weight is 461 g/mol. The molecule has 0 bridgehead atoms. The molecule has 2 aromatic rings. The van der Waals surface area contributed by atoms with Crippen LogP contribution in [0.3, 0.4) is 0 Å². The third-order valence-corrected chi connectivity index (χ3v) is 5.12. The maximum Gasteiger partial charge on any atom is 0.417 e. The topological polar surface area (TPSA) is 59.8 Å². The number of thioether (sulfide) groups is 1. The molecule has 0 unspecified atom stereocenters. The Kier molecular flexibility index (Phi) is 8.78. The van der Waals surface area contributed by atoms with Crippen LogP contribution >= 0.6 is 23.4 Å². The summed E-state index contributed by atoms with van der Waals surface area (Å²) in [6.07, 6.45) is 1.27. The van der Waals surface area contributed by atoms with E-state index in [1.165, 1.54) is 18.2 Å². The molecule has 1 N–H and O–H groups in total. The molecule has 0 aliphatic carbocycles. The van der Waals surface area contributed by atoms with Gasteiger partial charge < -0.3 is 9.88 Å². The zero-order chi connectivity index (χ0) is 22.3. The highest BCUT2D eigenvalue weighted by Crippen LogP contribution is 2.35. The van der Waals surface area contributed by atoms with Gasteiger partial charge in [0.1, 0.15) is 5.82 Å². The Morgan fingerprint density at radius 2 is 2.07 bits per heavy atom. The van der Waals surface area contributed by atoms with Crippen molar-refractivity contribution in [2.24, 2.45) is 5.92 Å². The van der Waals surface area contributed by atoms with Crippen molar-refractivity contribution in [3.8, 4) is 0 Å². The molecule has 1 heterocycles. The number of carbonyl (C=O) groups excluding carboxylic acids is 1. The first-order chi connectivity index (χ1) is 14.1. The molecule has 0 aliphatic heterocycles. The van der Waals surface area contributed by atoms with Gasteiger partial charge in [0.15, 0.2) is 5.16 Å². The Labute approximate surface area is 183 Å². The van der Waals surface area contributed by atoms with E-state index in [1.54, 1.807) is 11.8 Å². The predicted molar refractivity (Wildman–Crippen MR) is 113 cm³/mol. The smallest absolute Gasteiger partial charge is 0.353 e. The van der Waals surface area contributed by atoms with Gasteiger partial charge in [0.05, 0.1) is 10.6 Å². The largest absolute Gasteiger partial charge is 0.417 e. The molecule has 0 atom stereocenters. The van der Waals surface area contributed by atoms with Gasteiger partial charge in [-0.2, -0.15) is 13.2 Å². The van der Waals surface area contributed by atoms with E-state index >= 15 is 0 Å². The van der Waals surface area contributed by atoms with Crippen LogP contribution in [0.4, 0.5) is 13.2 Å². The van der Waals surface area contributed by atoms with Crippen LogP contribution in [-0.2, 0) is 23.9 Å². The Hall–Kier alpha value is -2.00. The van der Waals surface area contributed by atoms with Gasteiger partial charge in [0, 0.05) is 25.6 Å². The molecule has 30 heavy (non-hydrogen) atoms. The van der Waals surface area contributed by atoms with Gasteiger partial charge in [-0.3, -0.25) is 4.79 Å². The van der Waals surface area contributed by atoms with E-state index in [2.05, 4.69) is 33.9 Å². The van der Waals surface area contributed by atoms with Crippen molar-refractivity contribution in [2.45, 2.75) is 44.6 Å². The number of halogens is 4. The van der Waals surface area contributed by atoms with Gasteiger partial charge in [-0.1, -0.05) is 43.3 Å². The summed E-state index contributed by atoms with van der Waals surface area (Å²) in [5.41, 5.74) is -0.685. The molecule has 2 rings (SSSR count). The quantitative estimate of drug-likeness (QED) is 0.321. The normalized spacial score (nSPS) is 12.1. The minimum atomic E-state index is -4.55. The zero-order valence-electron chi connectivity index (χ0n) is 17.0. The van der Waals surface area contributed by atoms with Crippen molar-refractivity contribution >= 4 is 35.3 Å². The van der Waals surface area contributed by atoms with Crippen LogP contribution in [0.25, 0.3) is 6.08 Å². The van der Waals surface area contributed by atoms with Gasteiger partial charge in [0.25, 0.3) is 0 Å². The van der Waals surface area contributed by atoms with E-state index in [0.29, 0.717) is 25.3 Å². The molecule has 0 spiro atoms. The average Bonchev–Trinajstić information content (AvgIpc) is 3.04. The summed E-state index contributed by atoms with van der Waals surface area (Å²) in [6, 6.07) is 3.50. The van der Waals surface area contributed by atoms with E-state index in [9.17, 15) is 18.0 Å². The highest BCUT2D eigenvalue weighted by molar-refractivity contribution is 7.98. The maximum atomic E-state index is 12.9. The van der Waals surface area contributed by atoms with E-state index in [1.807, 2.05) is 6.26 Å². The predicted octanol–water partition coefficient (Wildman–Crippen LogP) is 5.09. The van der Waals surface area contributed by atoms with Crippen molar-refractivity contribution in [1.29, 1.82) is 0 Å². The lowest BCUT2D eigenvalue weighted by atomic mass is 10.1. The first kappa shape index (κ1) is 24.3. The molecule has 0 radical (unpaired) electrons. The minimum absolute atomic E-state index is 0.244. The third-order valence-electron chi connectivity index (χ3n) is 4.12. The van der Waals surface area contributed by atoms with E-state index in [4.69, 9.17) is 11.6 Å². The number of rotatable bonds is 9. The number of hydrogen-bond donors (Lipinski definition) is 1. The molecular weight excluding hydrogens is 437 g/mol. The lowest BCUT2D eigenvalue weighted by molar-refractivity contribution is -0.137. The number of benzene rings is 1. The number of nitrogens with zero attached hydrogens (tertiary/aromatic N) is 3. The molecule has 0 aliphatic rings. The van der Waals surface area contributed by atoms with E-state index < -0.39 is 11.7 Å². The van der Waals surface area contributed by atoms with E-state index in [0.717, 1.165) is 29.7 Å². The highest BCUT2D eigenvalue weighted by atomic mass is 35.5. The number of amides is 1. The number of aryl methyl sites for hydroxylation is 1. The number of alkyl halides is 3. The van der Waals surface area contributed by atoms with Gasteiger partial charge in [-0.05, 0) is 42.4 Å². The molecule has 5 nitrogen and oxygen atoms in total. The number of hydrogen-bond acceptors (Lipinski definition) is 4. The molecule has 1 aromatic carbocycles. The van der Waals surface area contributed by atoms with Crippen LogP contribution in [0, 0.1) is 5.92 Å². The molecular formula is C20H24ClF3N4OS. The number of aromatic nitrogens is 3. The summed E-state index contributed by atoms with van der Waals surface area (Å²) >= 11 is 7.13. The summed E-state index contributed by atoms with van der Waals surface area (Å²) in [7, 11) is 0. The third kappa shape index (κ3) is 7.05. The maximum absolute atomic E-state index is 12.9. The monoisotopic (exact) mass is 460 g/mol. The van der Waals surface area contributed by atoms with Crippen LogP contribution in [0.15, 0.2) is 29.4 Å². The second kappa shape index (κ2) is 10.9. The van der Waals surface area contributed by atoms with Crippen LogP contribution in [0.2, 0.25) is 5.02 Å². The van der Waals surface area contributed by atoms with Gasteiger partial charge in [-0.15, -0.1) is 10.2 Å². The summed E-state index contributed by atoms with van der Waals surface area (Å²) in [5, 5.41) is 11.6. The number of carbonyl (C=O) groups is 1. The molecule has 0 fully saturated rings. The van der Waals surface area contributed by atoms with Crippen LogP contribution in [0.5, 0.6) is 0 Å². The van der Waals surface area contributed by atoms with Gasteiger partial charge in [-0.25, -0.2) is 0 Å². The van der Waals surface area contributed by atoms with Gasteiger partial charge in [0.2, 0.25) is 5.91 Å². The van der Waals surface area contributed by atoms with Crippen LogP contribution in [0.1, 0.15) is 37.2 Å². The fourth-order valence-electron chi connectivity index (χ4n) is 2.76. The van der Waals surface area contributed by atoms with Gasteiger partial charge >= 0.3 is 6.18 Å². The Morgan fingerprint density at radius 3 is 2.70 bits per heavy atom. The van der Waals surface area contributed by atoms with Crippen molar-refractivity contribution in [3.05, 3.63) is 46.2 Å². The Balaban J connectivity index is 1.87. The molecule has 1 aromatic heterocycles.